The van der Waals surface area contributed by atoms with E-state index in [4.69, 9.17) is 0 Å². The van der Waals surface area contributed by atoms with E-state index < -0.39 is 0 Å². The second kappa shape index (κ2) is 10.6. The fraction of sp³-hybridized carbons (Fsp3) is 0.560. The summed E-state index contributed by atoms with van der Waals surface area (Å²) in [5.74, 6) is 0.0281. The molecule has 1 aliphatic rings. The molecule has 4 heteroatoms. The molecule has 2 aromatic rings. The average molecular weight is 396 g/mol. The highest BCUT2D eigenvalue weighted by Crippen LogP contribution is 2.28. The zero-order chi connectivity index (χ0) is 20.6. The van der Waals surface area contributed by atoms with Gasteiger partial charge in [-0.3, -0.25) is 4.79 Å². The van der Waals surface area contributed by atoms with Crippen LogP contribution < -0.4 is 5.32 Å². The van der Waals surface area contributed by atoms with Crippen LogP contribution in [0.5, 0.6) is 0 Å². The summed E-state index contributed by atoms with van der Waals surface area (Å²) in [6.07, 6.45) is 8.27. The third kappa shape index (κ3) is 5.51. The van der Waals surface area contributed by atoms with E-state index in [1.807, 2.05) is 12.1 Å². The van der Waals surface area contributed by atoms with Gasteiger partial charge in [0.2, 0.25) is 0 Å². The molecule has 0 spiro atoms. The number of aryl methyl sites for hydroxylation is 2. The summed E-state index contributed by atoms with van der Waals surface area (Å²) >= 11 is 0. The number of carbonyl (C=O) groups is 1. The Bertz CT molecular complexity index is 785. The second-order valence-electron chi connectivity index (χ2n) is 8.30. The molecule has 1 N–H and O–H groups in total. The van der Waals surface area contributed by atoms with Gasteiger partial charge >= 0.3 is 0 Å². The Kier molecular flexibility index (Phi) is 7.93. The van der Waals surface area contributed by atoms with Gasteiger partial charge in [0.15, 0.2) is 0 Å². The number of benzene rings is 1. The van der Waals surface area contributed by atoms with Crippen molar-refractivity contribution in [1.82, 2.24) is 14.8 Å². The molecule has 3 rings (SSSR count). The van der Waals surface area contributed by atoms with Crippen LogP contribution in [-0.4, -0.2) is 41.6 Å². The molecule has 1 amide bonds. The van der Waals surface area contributed by atoms with Gasteiger partial charge in [-0.05, 0) is 107 Å². The predicted molar refractivity (Wildman–Crippen MR) is 121 cm³/mol. The molecular weight excluding hydrogens is 358 g/mol. The van der Waals surface area contributed by atoms with Crippen molar-refractivity contribution in [2.24, 2.45) is 0 Å². The minimum Gasteiger partial charge on any atom is -0.352 e. The van der Waals surface area contributed by atoms with Crippen LogP contribution in [0, 0.1) is 6.92 Å². The monoisotopic (exact) mass is 395 g/mol. The van der Waals surface area contributed by atoms with Crippen LogP contribution in [-0.2, 0) is 12.8 Å². The molecule has 0 radical (unpaired) electrons. The molecule has 158 valence electrons. The van der Waals surface area contributed by atoms with Crippen molar-refractivity contribution in [2.75, 3.05) is 26.2 Å². The Morgan fingerprint density at radius 1 is 1.03 bits per heavy atom. The number of nitrogens with one attached hydrogen (secondary N) is 1. The van der Waals surface area contributed by atoms with Crippen LogP contribution in [0.2, 0.25) is 0 Å². The van der Waals surface area contributed by atoms with E-state index >= 15 is 0 Å². The number of nitrogens with zero attached hydrogens (tertiary/aromatic N) is 2. The summed E-state index contributed by atoms with van der Waals surface area (Å²) in [5.41, 5.74) is 6.15. The molecule has 0 bridgehead atoms. The van der Waals surface area contributed by atoms with E-state index in [0.29, 0.717) is 0 Å². The van der Waals surface area contributed by atoms with Gasteiger partial charge in [0, 0.05) is 29.2 Å². The number of rotatable bonds is 10. The minimum absolute atomic E-state index is 0.0281. The fourth-order valence-corrected chi connectivity index (χ4v) is 4.55. The van der Waals surface area contributed by atoms with E-state index in [-0.39, 0.29) is 5.91 Å². The molecule has 0 atom stereocenters. The number of amides is 1. The Hall–Kier alpha value is -2.07. The quantitative estimate of drug-likeness (QED) is 0.581. The molecule has 0 fully saturated rings. The van der Waals surface area contributed by atoms with E-state index in [2.05, 4.69) is 53.8 Å². The van der Waals surface area contributed by atoms with Gasteiger partial charge in [-0.2, -0.15) is 0 Å². The van der Waals surface area contributed by atoms with Crippen molar-refractivity contribution in [2.45, 2.75) is 65.7 Å². The second-order valence-corrected chi connectivity index (χ2v) is 8.30. The molecule has 0 aliphatic heterocycles. The van der Waals surface area contributed by atoms with Crippen LogP contribution in [0.4, 0.5) is 0 Å². The third-order valence-electron chi connectivity index (χ3n) is 5.89. The van der Waals surface area contributed by atoms with Crippen molar-refractivity contribution >= 4 is 5.91 Å². The maximum Gasteiger partial charge on any atom is 0.251 e. The lowest BCUT2D eigenvalue weighted by Gasteiger charge is -2.20. The number of hydrogen-bond acceptors (Lipinski definition) is 2. The lowest BCUT2D eigenvalue weighted by atomic mass is 9.98. The summed E-state index contributed by atoms with van der Waals surface area (Å²) in [6, 6.07) is 10.4. The first kappa shape index (κ1) is 21.6. The highest BCUT2D eigenvalue weighted by molar-refractivity contribution is 5.94. The molecule has 1 aliphatic carbocycles. The van der Waals surface area contributed by atoms with Crippen molar-refractivity contribution in [3.05, 3.63) is 52.8 Å². The Morgan fingerprint density at radius 3 is 2.41 bits per heavy atom. The number of hydrogen-bond donors (Lipinski definition) is 1. The van der Waals surface area contributed by atoms with Crippen LogP contribution in [0.1, 0.15) is 73.3 Å². The highest BCUT2D eigenvalue weighted by atomic mass is 16.1. The van der Waals surface area contributed by atoms with Gasteiger partial charge in [0.25, 0.3) is 5.91 Å². The van der Waals surface area contributed by atoms with Crippen LogP contribution in [0.3, 0.4) is 0 Å². The summed E-state index contributed by atoms with van der Waals surface area (Å²) in [7, 11) is 0. The molecule has 1 aromatic heterocycles. The van der Waals surface area contributed by atoms with Crippen molar-refractivity contribution in [1.29, 1.82) is 0 Å². The van der Waals surface area contributed by atoms with Crippen molar-refractivity contribution in [3.63, 3.8) is 0 Å². The summed E-state index contributed by atoms with van der Waals surface area (Å²) in [4.78, 5) is 15.0. The maximum absolute atomic E-state index is 12.5. The normalized spacial score (nSPS) is 13.5. The van der Waals surface area contributed by atoms with Gasteiger partial charge < -0.3 is 14.8 Å². The number of aromatic nitrogens is 1. The van der Waals surface area contributed by atoms with E-state index in [1.165, 1.54) is 49.1 Å². The van der Waals surface area contributed by atoms with Gasteiger partial charge in [0.05, 0.1) is 0 Å². The van der Waals surface area contributed by atoms with E-state index in [0.717, 1.165) is 50.3 Å². The first-order valence-electron chi connectivity index (χ1n) is 11.4. The molecular formula is C25H37N3O. The molecule has 0 unspecified atom stereocenters. The SMILES string of the molecule is CCCN(CCC)CCCNC(=O)c1ccc(-n2c(C)cc3c2CCCC3)cc1. The van der Waals surface area contributed by atoms with Crippen molar-refractivity contribution in [3.8, 4) is 5.69 Å². The maximum atomic E-state index is 12.5. The lowest BCUT2D eigenvalue weighted by molar-refractivity contribution is 0.0951. The van der Waals surface area contributed by atoms with Gasteiger partial charge in [-0.15, -0.1) is 0 Å². The van der Waals surface area contributed by atoms with Gasteiger partial charge in [-0.25, -0.2) is 0 Å². The minimum atomic E-state index is 0.0281. The smallest absolute Gasteiger partial charge is 0.251 e. The van der Waals surface area contributed by atoms with Crippen LogP contribution in [0.25, 0.3) is 5.69 Å². The first-order valence-corrected chi connectivity index (χ1v) is 11.4. The molecule has 0 saturated carbocycles. The van der Waals surface area contributed by atoms with Crippen LogP contribution in [0.15, 0.2) is 30.3 Å². The highest BCUT2D eigenvalue weighted by Gasteiger charge is 2.17. The average Bonchev–Trinajstić information content (AvgIpc) is 3.07. The molecule has 1 aromatic carbocycles. The third-order valence-corrected chi connectivity index (χ3v) is 5.89. The van der Waals surface area contributed by atoms with E-state index in [1.54, 1.807) is 0 Å². The fourth-order valence-electron chi connectivity index (χ4n) is 4.55. The molecule has 29 heavy (non-hydrogen) atoms. The summed E-state index contributed by atoms with van der Waals surface area (Å²) < 4.78 is 2.37. The zero-order valence-electron chi connectivity index (χ0n) is 18.5. The molecule has 0 saturated heterocycles. The predicted octanol–water partition coefficient (Wildman–Crippen LogP) is 4.91. The van der Waals surface area contributed by atoms with Crippen molar-refractivity contribution < 1.29 is 4.79 Å². The lowest BCUT2D eigenvalue weighted by Crippen LogP contribution is -2.31. The number of carbonyl (C=O) groups excluding carboxylic acids is 1. The van der Waals surface area contributed by atoms with E-state index in [9.17, 15) is 4.79 Å². The summed E-state index contributed by atoms with van der Waals surface area (Å²) in [5, 5.41) is 3.08. The Labute approximate surface area is 176 Å². The number of fused-ring (bicyclic) bond motifs is 1. The Morgan fingerprint density at radius 2 is 1.72 bits per heavy atom. The van der Waals surface area contributed by atoms with Crippen LogP contribution >= 0.6 is 0 Å². The zero-order valence-corrected chi connectivity index (χ0v) is 18.5. The van der Waals surface area contributed by atoms with Gasteiger partial charge in [-0.1, -0.05) is 13.8 Å². The topological polar surface area (TPSA) is 37.3 Å². The standard InChI is InChI=1S/C25H37N3O/c1-4-16-27(17-5-2)18-8-15-26-25(29)21-11-13-23(14-12-21)28-20(3)19-22-9-6-7-10-24(22)28/h11-14,19H,4-10,15-18H2,1-3H3,(H,26,29). The molecule has 1 heterocycles. The summed E-state index contributed by atoms with van der Waals surface area (Å²) in [6.45, 7) is 10.7. The Balaban J connectivity index is 1.55. The first-order chi connectivity index (χ1) is 14.1. The molecule has 4 nitrogen and oxygen atoms in total. The largest absolute Gasteiger partial charge is 0.352 e. The van der Waals surface area contributed by atoms with Gasteiger partial charge in [0.1, 0.15) is 0 Å².